The number of amides is 1. The highest BCUT2D eigenvalue weighted by Gasteiger charge is 2.46. The molecule has 0 aromatic carbocycles. The predicted octanol–water partition coefficient (Wildman–Crippen LogP) is 1.66. The summed E-state index contributed by atoms with van der Waals surface area (Å²) in [4.78, 5) is 15.2. The summed E-state index contributed by atoms with van der Waals surface area (Å²) in [5.74, 6) is -2.19. The van der Waals surface area contributed by atoms with Gasteiger partial charge in [0, 0.05) is 6.04 Å². The van der Waals surface area contributed by atoms with Crippen LogP contribution in [0.4, 0.5) is 13.2 Å². The minimum atomic E-state index is -4.28. The third-order valence-electron chi connectivity index (χ3n) is 3.13. The highest BCUT2D eigenvalue weighted by molar-refractivity contribution is 5.90. The molecule has 2 atom stereocenters. The molecular formula is C10H13F3N4O. The quantitative estimate of drug-likeness (QED) is 0.851. The first-order chi connectivity index (χ1) is 8.48. The van der Waals surface area contributed by atoms with Gasteiger partial charge in [-0.15, -0.1) is 0 Å². The Balaban J connectivity index is 2.04. The third-order valence-corrected chi connectivity index (χ3v) is 3.13. The number of hydrogen-bond donors (Lipinski definition) is 2. The van der Waals surface area contributed by atoms with E-state index in [9.17, 15) is 18.0 Å². The van der Waals surface area contributed by atoms with Crippen molar-refractivity contribution in [3.05, 3.63) is 12.2 Å². The second kappa shape index (κ2) is 4.95. The summed E-state index contributed by atoms with van der Waals surface area (Å²) in [5, 5.41) is 8.20. The number of nitrogens with one attached hydrogen (secondary N) is 2. The molecule has 100 valence electrons. The summed E-state index contributed by atoms with van der Waals surface area (Å²) >= 11 is 0. The normalized spacial score (nSPS) is 24.8. The fraction of sp³-hybridized carbons (Fsp3) is 0.700. The van der Waals surface area contributed by atoms with Crippen LogP contribution in [0.3, 0.4) is 0 Å². The average Bonchev–Trinajstić information content (AvgIpc) is 2.81. The monoisotopic (exact) mass is 262 g/mol. The number of aromatic nitrogens is 3. The van der Waals surface area contributed by atoms with Gasteiger partial charge in [-0.2, -0.15) is 18.3 Å². The molecule has 1 aromatic rings. The Labute approximate surface area is 101 Å². The first-order valence-corrected chi connectivity index (χ1v) is 5.71. The van der Waals surface area contributed by atoms with Gasteiger partial charge >= 0.3 is 6.18 Å². The lowest BCUT2D eigenvalue weighted by Gasteiger charge is -2.33. The minimum Gasteiger partial charge on any atom is -0.346 e. The molecule has 1 aliphatic carbocycles. The summed E-state index contributed by atoms with van der Waals surface area (Å²) in [6, 6.07) is -0.878. The molecule has 0 radical (unpaired) electrons. The molecule has 2 unspecified atom stereocenters. The molecule has 5 nitrogen and oxygen atoms in total. The zero-order valence-corrected chi connectivity index (χ0v) is 9.50. The van der Waals surface area contributed by atoms with Gasteiger partial charge in [-0.3, -0.25) is 9.89 Å². The van der Waals surface area contributed by atoms with E-state index in [1.54, 1.807) is 0 Å². The third kappa shape index (κ3) is 2.80. The Morgan fingerprint density at radius 3 is 2.72 bits per heavy atom. The zero-order chi connectivity index (χ0) is 13.2. The minimum absolute atomic E-state index is 0.0604. The molecule has 8 heteroatoms. The van der Waals surface area contributed by atoms with Crippen molar-refractivity contribution in [2.24, 2.45) is 5.92 Å². The SMILES string of the molecule is O=C(NC1CCCCC1C(F)(F)F)c1ncn[nH]1. The maximum absolute atomic E-state index is 12.8. The van der Waals surface area contributed by atoms with Gasteiger partial charge in [0.25, 0.3) is 5.91 Å². The van der Waals surface area contributed by atoms with Crippen LogP contribution in [0.25, 0.3) is 0 Å². The van der Waals surface area contributed by atoms with Crippen molar-refractivity contribution in [3.8, 4) is 0 Å². The first-order valence-electron chi connectivity index (χ1n) is 5.71. The number of nitrogens with zero attached hydrogens (tertiary/aromatic N) is 2. The molecule has 18 heavy (non-hydrogen) atoms. The number of carbonyl (C=O) groups excluding carboxylic acids is 1. The van der Waals surface area contributed by atoms with Crippen molar-refractivity contribution < 1.29 is 18.0 Å². The van der Waals surface area contributed by atoms with Crippen LogP contribution in [0, 0.1) is 5.92 Å². The van der Waals surface area contributed by atoms with E-state index in [4.69, 9.17) is 0 Å². The molecule has 0 bridgehead atoms. The van der Waals surface area contributed by atoms with Gasteiger partial charge in [-0.05, 0) is 12.8 Å². The van der Waals surface area contributed by atoms with Gasteiger partial charge in [0.15, 0.2) is 0 Å². The Hall–Kier alpha value is -1.60. The summed E-state index contributed by atoms with van der Waals surface area (Å²) in [5.41, 5.74) is 0. The number of rotatable bonds is 2. The molecule has 1 aliphatic rings. The van der Waals surface area contributed by atoms with Gasteiger partial charge < -0.3 is 5.32 Å². The topological polar surface area (TPSA) is 70.7 Å². The van der Waals surface area contributed by atoms with E-state index >= 15 is 0 Å². The zero-order valence-electron chi connectivity index (χ0n) is 9.50. The molecule has 2 rings (SSSR count). The van der Waals surface area contributed by atoms with Crippen LogP contribution < -0.4 is 5.32 Å². The Morgan fingerprint density at radius 2 is 2.11 bits per heavy atom. The van der Waals surface area contributed by atoms with Crippen molar-refractivity contribution in [1.29, 1.82) is 0 Å². The van der Waals surface area contributed by atoms with Crippen molar-refractivity contribution in [2.75, 3.05) is 0 Å². The van der Waals surface area contributed by atoms with Gasteiger partial charge in [-0.25, -0.2) is 4.98 Å². The Bertz CT molecular complexity index is 404. The van der Waals surface area contributed by atoms with Crippen LogP contribution in [0.5, 0.6) is 0 Å². The summed E-state index contributed by atoms with van der Waals surface area (Å²) in [7, 11) is 0. The molecule has 1 heterocycles. The Morgan fingerprint density at radius 1 is 1.39 bits per heavy atom. The second-order valence-corrected chi connectivity index (χ2v) is 4.35. The molecule has 1 saturated carbocycles. The molecule has 2 N–H and O–H groups in total. The average molecular weight is 262 g/mol. The number of hydrogen-bond acceptors (Lipinski definition) is 3. The maximum Gasteiger partial charge on any atom is 0.393 e. The van der Waals surface area contributed by atoms with E-state index in [1.807, 2.05) is 0 Å². The molecular weight excluding hydrogens is 249 g/mol. The maximum atomic E-state index is 12.8. The van der Waals surface area contributed by atoms with Gasteiger partial charge in [0.1, 0.15) is 6.33 Å². The van der Waals surface area contributed by atoms with E-state index < -0.39 is 24.0 Å². The fourth-order valence-corrected chi connectivity index (χ4v) is 2.25. The van der Waals surface area contributed by atoms with Crippen LogP contribution in [-0.4, -0.2) is 33.3 Å². The van der Waals surface area contributed by atoms with Crippen molar-refractivity contribution in [1.82, 2.24) is 20.5 Å². The smallest absolute Gasteiger partial charge is 0.346 e. The van der Waals surface area contributed by atoms with Gasteiger partial charge in [-0.1, -0.05) is 12.8 Å². The highest BCUT2D eigenvalue weighted by Crippen LogP contribution is 2.37. The predicted molar refractivity (Wildman–Crippen MR) is 55.6 cm³/mol. The molecule has 0 aliphatic heterocycles. The number of carbonyl (C=O) groups is 1. The largest absolute Gasteiger partial charge is 0.393 e. The molecule has 1 amide bonds. The number of aromatic amines is 1. The second-order valence-electron chi connectivity index (χ2n) is 4.35. The van der Waals surface area contributed by atoms with Crippen LogP contribution in [0.1, 0.15) is 36.3 Å². The lowest BCUT2D eigenvalue weighted by atomic mass is 9.84. The van der Waals surface area contributed by atoms with Gasteiger partial charge in [0.05, 0.1) is 5.92 Å². The van der Waals surface area contributed by atoms with Gasteiger partial charge in [0.2, 0.25) is 5.82 Å². The van der Waals surface area contributed by atoms with Crippen molar-refractivity contribution in [2.45, 2.75) is 37.9 Å². The lowest BCUT2D eigenvalue weighted by Crippen LogP contribution is -2.47. The van der Waals surface area contributed by atoms with E-state index in [0.29, 0.717) is 19.3 Å². The van der Waals surface area contributed by atoms with Crippen LogP contribution >= 0.6 is 0 Å². The molecule has 1 aromatic heterocycles. The highest BCUT2D eigenvalue weighted by atomic mass is 19.4. The molecule has 1 fully saturated rings. The molecule has 0 spiro atoms. The summed E-state index contributed by atoms with van der Waals surface area (Å²) in [6.45, 7) is 0. The van der Waals surface area contributed by atoms with Crippen LogP contribution in [-0.2, 0) is 0 Å². The Kier molecular flexibility index (Phi) is 3.53. The van der Waals surface area contributed by atoms with Crippen LogP contribution in [0.2, 0.25) is 0 Å². The molecule has 0 saturated heterocycles. The van der Waals surface area contributed by atoms with Crippen molar-refractivity contribution >= 4 is 5.91 Å². The number of alkyl halides is 3. The van der Waals surface area contributed by atoms with E-state index in [0.717, 1.165) is 6.33 Å². The summed E-state index contributed by atoms with van der Waals surface area (Å²) < 4.78 is 38.4. The van der Waals surface area contributed by atoms with E-state index in [2.05, 4.69) is 20.5 Å². The standard InChI is InChI=1S/C10H13F3N4O/c11-10(12,13)6-3-1-2-4-7(6)16-9(18)8-14-5-15-17-8/h5-7H,1-4H2,(H,16,18)(H,14,15,17). The van der Waals surface area contributed by atoms with Crippen molar-refractivity contribution in [3.63, 3.8) is 0 Å². The van der Waals surface area contributed by atoms with E-state index in [-0.39, 0.29) is 12.2 Å². The summed E-state index contributed by atoms with van der Waals surface area (Å²) in [6.07, 6.45) is -1.52. The van der Waals surface area contributed by atoms with Crippen LogP contribution in [0.15, 0.2) is 6.33 Å². The number of H-pyrrole nitrogens is 1. The van der Waals surface area contributed by atoms with E-state index in [1.165, 1.54) is 0 Å². The fourth-order valence-electron chi connectivity index (χ4n) is 2.25. The first kappa shape index (κ1) is 12.8. The number of halogens is 3. The lowest BCUT2D eigenvalue weighted by molar-refractivity contribution is -0.187.